The summed E-state index contributed by atoms with van der Waals surface area (Å²) in [6.07, 6.45) is 0.403. The highest BCUT2D eigenvalue weighted by molar-refractivity contribution is 9.10. The quantitative estimate of drug-likeness (QED) is 0.723. The fourth-order valence-corrected chi connectivity index (χ4v) is 2.29. The number of carbonyl (C=O) groups excluding carboxylic acids is 1. The Balaban J connectivity index is 2.74. The van der Waals surface area contributed by atoms with Crippen LogP contribution in [0.3, 0.4) is 0 Å². The zero-order valence-corrected chi connectivity index (χ0v) is 11.8. The number of benzene rings is 1. The summed E-state index contributed by atoms with van der Waals surface area (Å²) < 4.78 is 0.843. The summed E-state index contributed by atoms with van der Waals surface area (Å²) in [5.74, 6) is -0.00984. The highest BCUT2D eigenvalue weighted by Crippen LogP contribution is 2.24. The van der Waals surface area contributed by atoms with E-state index in [0.29, 0.717) is 18.0 Å². The molecule has 0 aliphatic carbocycles. The van der Waals surface area contributed by atoms with E-state index in [0.717, 1.165) is 15.7 Å². The van der Waals surface area contributed by atoms with Crippen LogP contribution in [0.25, 0.3) is 0 Å². The fraction of sp³-hybridized carbons (Fsp3) is 0.273. The molecule has 0 saturated carbocycles. The summed E-state index contributed by atoms with van der Waals surface area (Å²) >= 11 is 8.39. The second kappa shape index (κ2) is 6.56. The van der Waals surface area contributed by atoms with Crippen LogP contribution in [0.2, 0.25) is 0 Å². The molecule has 0 spiro atoms. The maximum absolute atomic E-state index is 11.1. The minimum Gasteiger partial charge on any atom is -0.389 e. The summed E-state index contributed by atoms with van der Waals surface area (Å²) in [7, 11) is 1.61. The number of halogens is 1. The van der Waals surface area contributed by atoms with Crippen molar-refractivity contribution in [2.24, 2.45) is 5.73 Å². The number of carbonyl (C=O) groups is 1. The molecule has 1 amide bonds. The molecular formula is C11H14BrN3OS. The molecule has 0 atom stereocenters. The number of amides is 1. The van der Waals surface area contributed by atoms with E-state index in [1.165, 1.54) is 0 Å². The molecule has 1 aromatic carbocycles. The van der Waals surface area contributed by atoms with Gasteiger partial charge in [-0.1, -0.05) is 18.3 Å². The Labute approximate surface area is 114 Å². The summed E-state index contributed by atoms with van der Waals surface area (Å²) in [6.45, 7) is 0.533. The van der Waals surface area contributed by atoms with Gasteiger partial charge in [-0.2, -0.15) is 0 Å². The van der Waals surface area contributed by atoms with Crippen LogP contribution < -0.4 is 16.4 Å². The highest BCUT2D eigenvalue weighted by Gasteiger charge is 2.09. The lowest BCUT2D eigenvalue weighted by Gasteiger charge is -2.12. The molecule has 1 rings (SSSR count). The summed E-state index contributed by atoms with van der Waals surface area (Å²) in [5, 5.41) is 5.70. The maximum atomic E-state index is 11.1. The van der Waals surface area contributed by atoms with Gasteiger partial charge in [0.15, 0.2) is 0 Å². The van der Waals surface area contributed by atoms with Crippen LogP contribution in [0.5, 0.6) is 0 Å². The Hall–Kier alpha value is -1.14. The van der Waals surface area contributed by atoms with Crippen LogP contribution in [-0.2, 0) is 4.79 Å². The largest absolute Gasteiger partial charge is 0.389 e. The minimum absolute atomic E-state index is 0.00984. The number of nitrogens with one attached hydrogen (secondary N) is 2. The van der Waals surface area contributed by atoms with Crippen molar-refractivity contribution < 1.29 is 4.79 Å². The molecule has 1 aromatic rings. The molecule has 4 nitrogen and oxygen atoms in total. The van der Waals surface area contributed by atoms with Crippen molar-refractivity contribution in [2.75, 3.05) is 18.9 Å². The number of hydrogen-bond acceptors (Lipinski definition) is 3. The third-order valence-electron chi connectivity index (χ3n) is 2.21. The van der Waals surface area contributed by atoms with Crippen LogP contribution in [0.4, 0.5) is 5.69 Å². The third kappa shape index (κ3) is 3.98. The van der Waals surface area contributed by atoms with Gasteiger partial charge in [0.2, 0.25) is 5.91 Å². The molecule has 92 valence electrons. The third-order valence-corrected chi connectivity index (χ3v) is 3.07. The minimum atomic E-state index is -0.00984. The van der Waals surface area contributed by atoms with Crippen LogP contribution in [-0.4, -0.2) is 24.5 Å². The number of thiocarbonyl (C=S) groups is 1. The summed E-state index contributed by atoms with van der Waals surface area (Å²) in [4.78, 5) is 11.4. The standard InChI is InChI=1S/C11H14BrN3OS/c1-14-9(16)5-6-15-8-4-2-3-7(12)10(8)11(13)17/h2-4,15H,5-6H2,1H3,(H2,13,17)(H,14,16). The molecule has 4 N–H and O–H groups in total. The Morgan fingerprint density at radius 1 is 1.53 bits per heavy atom. The normalized spacial score (nSPS) is 9.76. The molecule has 0 heterocycles. The van der Waals surface area contributed by atoms with Gasteiger partial charge < -0.3 is 16.4 Å². The summed E-state index contributed by atoms with van der Waals surface area (Å²) in [5.41, 5.74) is 7.25. The second-order valence-electron chi connectivity index (χ2n) is 3.38. The zero-order valence-electron chi connectivity index (χ0n) is 9.42. The van der Waals surface area contributed by atoms with Gasteiger partial charge in [-0.15, -0.1) is 0 Å². The van der Waals surface area contributed by atoms with Crippen molar-refractivity contribution in [3.05, 3.63) is 28.2 Å². The first kappa shape index (κ1) is 13.9. The van der Waals surface area contributed by atoms with E-state index in [9.17, 15) is 4.79 Å². The zero-order chi connectivity index (χ0) is 12.8. The lowest BCUT2D eigenvalue weighted by atomic mass is 10.1. The van der Waals surface area contributed by atoms with Crippen LogP contribution in [0, 0.1) is 0 Å². The van der Waals surface area contributed by atoms with Crippen LogP contribution in [0.15, 0.2) is 22.7 Å². The number of hydrogen-bond donors (Lipinski definition) is 3. The molecule has 0 aromatic heterocycles. The average molecular weight is 316 g/mol. The van der Waals surface area contributed by atoms with Gasteiger partial charge in [0, 0.05) is 35.7 Å². The van der Waals surface area contributed by atoms with E-state index in [1.807, 2.05) is 18.2 Å². The fourth-order valence-electron chi connectivity index (χ4n) is 1.36. The molecule has 0 radical (unpaired) electrons. The molecular weight excluding hydrogens is 302 g/mol. The molecule has 17 heavy (non-hydrogen) atoms. The van der Waals surface area contributed by atoms with Gasteiger partial charge in [0.05, 0.1) is 0 Å². The maximum Gasteiger partial charge on any atom is 0.221 e. The highest BCUT2D eigenvalue weighted by atomic mass is 79.9. The topological polar surface area (TPSA) is 67.2 Å². The number of anilines is 1. The van der Waals surface area contributed by atoms with Crippen molar-refractivity contribution >= 4 is 44.7 Å². The first-order valence-corrected chi connectivity index (χ1v) is 6.29. The van der Waals surface area contributed by atoms with E-state index in [4.69, 9.17) is 18.0 Å². The van der Waals surface area contributed by atoms with Crippen molar-refractivity contribution in [1.29, 1.82) is 0 Å². The lowest BCUT2D eigenvalue weighted by Crippen LogP contribution is -2.21. The van der Waals surface area contributed by atoms with Crippen molar-refractivity contribution in [1.82, 2.24) is 5.32 Å². The van der Waals surface area contributed by atoms with E-state index in [2.05, 4.69) is 26.6 Å². The predicted molar refractivity (Wildman–Crippen MR) is 77.2 cm³/mol. The molecule has 0 fully saturated rings. The Morgan fingerprint density at radius 3 is 2.82 bits per heavy atom. The number of nitrogens with two attached hydrogens (primary N) is 1. The van der Waals surface area contributed by atoms with Crippen molar-refractivity contribution in [2.45, 2.75) is 6.42 Å². The van der Waals surface area contributed by atoms with E-state index in [1.54, 1.807) is 7.05 Å². The molecule has 0 bridgehead atoms. The van der Waals surface area contributed by atoms with Gasteiger partial charge in [-0.25, -0.2) is 0 Å². The van der Waals surface area contributed by atoms with Crippen molar-refractivity contribution in [3.63, 3.8) is 0 Å². The van der Waals surface area contributed by atoms with E-state index < -0.39 is 0 Å². The SMILES string of the molecule is CNC(=O)CCNc1cccc(Br)c1C(N)=S. The van der Waals surface area contributed by atoms with Gasteiger partial charge in [0.1, 0.15) is 4.99 Å². The molecule has 0 aliphatic rings. The Bertz CT molecular complexity index is 437. The van der Waals surface area contributed by atoms with E-state index >= 15 is 0 Å². The first-order valence-electron chi connectivity index (χ1n) is 5.09. The van der Waals surface area contributed by atoms with E-state index in [-0.39, 0.29) is 5.91 Å². The lowest BCUT2D eigenvalue weighted by molar-refractivity contribution is -0.120. The molecule has 0 saturated heterocycles. The Kier molecular flexibility index (Phi) is 5.37. The number of rotatable bonds is 5. The second-order valence-corrected chi connectivity index (χ2v) is 4.67. The average Bonchev–Trinajstić information content (AvgIpc) is 2.28. The molecule has 6 heteroatoms. The van der Waals surface area contributed by atoms with Gasteiger partial charge in [-0.3, -0.25) is 4.79 Å². The predicted octanol–water partition coefficient (Wildman–Crippen LogP) is 1.63. The van der Waals surface area contributed by atoms with Crippen molar-refractivity contribution in [3.8, 4) is 0 Å². The smallest absolute Gasteiger partial charge is 0.221 e. The monoisotopic (exact) mass is 315 g/mol. The Morgan fingerprint density at radius 2 is 2.24 bits per heavy atom. The van der Waals surface area contributed by atoms with Gasteiger partial charge in [-0.05, 0) is 28.1 Å². The van der Waals surface area contributed by atoms with Crippen LogP contribution in [0.1, 0.15) is 12.0 Å². The van der Waals surface area contributed by atoms with Gasteiger partial charge >= 0.3 is 0 Å². The summed E-state index contributed by atoms with van der Waals surface area (Å²) in [6, 6.07) is 5.63. The van der Waals surface area contributed by atoms with Crippen LogP contribution >= 0.6 is 28.1 Å². The first-order chi connectivity index (χ1) is 8.06. The molecule has 0 aliphatic heterocycles. The van der Waals surface area contributed by atoms with Gasteiger partial charge in [0.25, 0.3) is 0 Å². The molecule has 0 unspecified atom stereocenters.